The van der Waals surface area contributed by atoms with Crippen LogP contribution in [-0.2, 0) is 20.9 Å². The van der Waals surface area contributed by atoms with Crippen molar-refractivity contribution >= 4 is 75.1 Å². The lowest BCUT2D eigenvalue weighted by atomic mass is 9.87. The van der Waals surface area contributed by atoms with Crippen LogP contribution in [0.15, 0.2) is 75.9 Å². The molecule has 192 valence electrons. The Morgan fingerprint density at radius 3 is 2.42 bits per heavy atom. The predicted octanol–water partition coefficient (Wildman–Crippen LogP) is 5.20. The molecule has 1 N–H and O–H groups in total. The van der Waals surface area contributed by atoms with Gasteiger partial charge in [0.05, 0.1) is 16.6 Å². The Kier molecular flexibility index (Phi) is 6.47. The fraction of sp³-hybridized carbons (Fsp3) is 0.154. The number of thioether (sulfide) groups is 1. The number of fused-ring (bicyclic) bond motifs is 2. The van der Waals surface area contributed by atoms with Gasteiger partial charge in [0.15, 0.2) is 0 Å². The SMILES string of the molecule is O=C(Cn1c2c(sc1=O)[C@@H](c1cccs1)[C@@H]1C(=O)N(c3ccc(Cl)cc3)C(=O)[C@@H]1S2)Nc1ccc(F)cc1. The van der Waals surface area contributed by atoms with Crippen molar-refractivity contribution in [1.29, 1.82) is 0 Å². The zero-order valence-electron chi connectivity index (χ0n) is 19.3. The Bertz CT molecular complexity index is 1620. The highest BCUT2D eigenvalue weighted by molar-refractivity contribution is 8.00. The molecule has 2 aliphatic rings. The third-order valence-electron chi connectivity index (χ3n) is 6.41. The van der Waals surface area contributed by atoms with E-state index in [1.807, 2.05) is 17.5 Å². The summed E-state index contributed by atoms with van der Waals surface area (Å²) < 4.78 is 14.6. The van der Waals surface area contributed by atoms with Crippen LogP contribution in [0.25, 0.3) is 0 Å². The van der Waals surface area contributed by atoms with E-state index in [1.54, 1.807) is 24.3 Å². The first-order valence-corrected chi connectivity index (χ1v) is 14.4. The Hall–Kier alpha value is -3.25. The van der Waals surface area contributed by atoms with Crippen LogP contribution >= 0.6 is 46.0 Å². The molecule has 0 unspecified atom stereocenters. The number of rotatable bonds is 5. The maximum Gasteiger partial charge on any atom is 0.308 e. The van der Waals surface area contributed by atoms with Crippen LogP contribution < -0.4 is 15.1 Å². The lowest BCUT2D eigenvalue weighted by molar-refractivity contribution is -0.122. The summed E-state index contributed by atoms with van der Waals surface area (Å²) in [7, 11) is 0. The predicted molar refractivity (Wildman–Crippen MR) is 147 cm³/mol. The number of thiazole rings is 1. The number of benzene rings is 2. The van der Waals surface area contributed by atoms with Gasteiger partial charge in [-0.25, -0.2) is 9.29 Å². The number of thiophene rings is 1. The zero-order valence-corrected chi connectivity index (χ0v) is 22.5. The standard InChI is InChI=1S/C26H17ClFN3O4S3/c27-13-3-9-16(10-4-13)31-23(33)20-19(17-2-1-11-36-17)22-25(37-21(20)24(31)34)30(26(35)38-22)12-18(32)29-15-7-5-14(28)6-8-15/h1-11,19-21H,12H2,(H,29,32)/t19-,20-,21+/m0/s1. The van der Waals surface area contributed by atoms with E-state index in [0.717, 1.165) is 28.0 Å². The summed E-state index contributed by atoms with van der Waals surface area (Å²) >= 11 is 9.60. The fourth-order valence-electron chi connectivity index (χ4n) is 4.75. The Labute approximate surface area is 232 Å². The van der Waals surface area contributed by atoms with E-state index in [9.17, 15) is 23.6 Å². The number of hydrogen-bond donors (Lipinski definition) is 1. The molecular formula is C26H17ClFN3O4S3. The van der Waals surface area contributed by atoms with Gasteiger partial charge in [0.2, 0.25) is 17.7 Å². The molecule has 4 aromatic rings. The molecule has 0 bridgehead atoms. The highest BCUT2D eigenvalue weighted by atomic mass is 35.5. The minimum Gasteiger partial charge on any atom is -0.325 e. The maximum absolute atomic E-state index is 13.7. The summed E-state index contributed by atoms with van der Waals surface area (Å²) in [5.74, 6) is -2.80. The summed E-state index contributed by atoms with van der Waals surface area (Å²) in [5.41, 5.74) is 0.830. The van der Waals surface area contributed by atoms with Gasteiger partial charge in [-0.15, -0.1) is 11.3 Å². The second-order valence-electron chi connectivity index (χ2n) is 8.72. The molecule has 4 heterocycles. The number of imide groups is 1. The molecule has 0 saturated carbocycles. The highest BCUT2D eigenvalue weighted by Crippen LogP contribution is 2.54. The number of halogens is 2. The topological polar surface area (TPSA) is 88.5 Å². The fourth-order valence-corrected chi connectivity index (χ4v) is 8.60. The first-order valence-electron chi connectivity index (χ1n) is 11.4. The molecule has 2 aliphatic heterocycles. The summed E-state index contributed by atoms with van der Waals surface area (Å²) in [5, 5.41) is 4.79. The molecule has 2 aromatic heterocycles. The second-order valence-corrected chi connectivity index (χ2v) is 12.3. The third kappa shape index (κ3) is 4.29. The summed E-state index contributed by atoms with van der Waals surface area (Å²) in [6.07, 6.45) is 0. The van der Waals surface area contributed by atoms with Gasteiger partial charge in [-0.2, -0.15) is 0 Å². The average Bonchev–Trinajstić information content (AvgIpc) is 3.59. The Balaban J connectivity index is 1.38. The summed E-state index contributed by atoms with van der Waals surface area (Å²) in [6.45, 7) is -0.285. The molecule has 1 fully saturated rings. The third-order valence-corrected chi connectivity index (χ3v) is 10.2. The Morgan fingerprint density at radius 2 is 1.74 bits per heavy atom. The van der Waals surface area contributed by atoms with Gasteiger partial charge < -0.3 is 5.32 Å². The van der Waals surface area contributed by atoms with E-state index in [1.165, 1.54) is 45.1 Å². The van der Waals surface area contributed by atoms with Crippen molar-refractivity contribution in [3.05, 3.63) is 96.3 Å². The van der Waals surface area contributed by atoms with E-state index in [-0.39, 0.29) is 23.2 Å². The number of nitrogens with one attached hydrogen (secondary N) is 1. The molecule has 3 amide bonds. The van der Waals surface area contributed by atoms with Crippen LogP contribution in [0.1, 0.15) is 15.7 Å². The molecule has 7 nitrogen and oxygen atoms in total. The number of nitrogens with zero attached hydrogens (tertiary/aromatic N) is 2. The largest absolute Gasteiger partial charge is 0.325 e. The van der Waals surface area contributed by atoms with Gasteiger partial charge in [-0.3, -0.25) is 23.7 Å². The zero-order chi connectivity index (χ0) is 26.6. The van der Waals surface area contributed by atoms with Crippen molar-refractivity contribution in [3.8, 4) is 0 Å². The molecular weight excluding hydrogens is 569 g/mol. The average molecular weight is 586 g/mol. The van der Waals surface area contributed by atoms with Gasteiger partial charge in [-0.1, -0.05) is 40.8 Å². The van der Waals surface area contributed by atoms with Crippen molar-refractivity contribution < 1.29 is 18.8 Å². The second kappa shape index (κ2) is 9.81. The summed E-state index contributed by atoms with van der Waals surface area (Å²) in [4.78, 5) is 55.7. The molecule has 12 heteroatoms. The van der Waals surface area contributed by atoms with Crippen molar-refractivity contribution in [2.24, 2.45) is 5.92 Å². The first-order chi connectivity index (χ1) is 18.3. The lowest BCUT2D eigenvalue weighted by Gasteiger charge is -2.29. The quantitative estimate of drug-likeness (QED) is 0.325. The molecule has 3 atom stereocenters. The van der Waals surface area contributed by atoms with E-state index in [0.29, 0.717) is 26.3 Å². The van der Waals surface area contributed by atoms with Crippen LogP contribution in [0, 0.1) is 11.7 Å². The van der Waals surface area contributed by atoms with E-state index < -0.39 is 28.8 Å². The van der Waals surface area contributed by atoms with Gasteiger partial charge in [-0.05, 0) is 60.0 Å². The van der Waals surface area contributed by atoms with Crippen molar-refractivity contribution in [3.63, 3.8) is 0 Å². The molecule has 38 heavy (non-hydrogen) atoms. The molecule has 2 aromatic carbocycles. The van der Waals surface area contributed by atoms with Crippen molar-refractivity contribution in [2.45, 2.75) is 22.7 Å². The molecule has 1 saturated heterocycles. The molecule has 0 radical (unpaired) electrons. The minimum absolute atomic E-state index is 0.285. The van der Waals surface area contributed by atoms with E-state index in [2.05, 4.69) is 5.32 Å². The Morgan fingerprint density at radius 1 is 1.00 bits per heavy atom. The number of amides is 3. The smallest absolute Gasteiger partial charge is 0.308 e. The molecule has 6 rings (SSSR count). The van der Waals surface area contributed by atoms with Crippen LogP contribution in [0.3, 0.4) is 0 Å². The number of carbonyl (C=O) groups excluding carboxylic acids is 3. The maximum atomic E-state index is 13.7. The number of anilines is 2. The molecule has 0 spiro atoms. The summed E-state index contributed by atoms with van der Waals surface area (Å²) in [6, 6.07) is 15.6. The van der Waals surface area contributed by atoms with E-state index >= 15 is 0 Å². The number of hydrogen-bond acceptors (Lipinski definition) is 7. The van der Waals surface area contributed by atoms with Gasteiger partial charge in [0.1, 0.15) is 17.6 Å². The van der Waals surface area contributed by atoms with E-state index in [4.69, 9.17) is 11.6 Å². The van der Waals surface area contributed by atoms with Gasteiger partial charge in [0.25, 0.3) is 0 Å². The number of carbonyl (C=O) groups is 3. The lowest BCUT2D eigenvalue weighted by Crippen LogP contribution is -2.32. The normalized spacial score (nSPS) is 20.4. The van der Waals surface area contributed by atoms with Crippen molar-refractivity contribution in [2.75, 3.05) is 10.2 Å². The minimum atomic E-state index is -0.766. The van der Waals surface area contributed by atoms with Crippen LogP contribution in [0.4, 0.5) is 15.8 Å². The van der Waals surface area contributed by atoms with Crippen LogP contribution in [0.5, 0.6) is 0 Å². The van der Waals surface area contributed by atoms with Gasteiger partial charge in [0, 0.05) is 26.4 Å². The monoisotopic (exact) mass is 585 g/mol. The number of aromatic nitrogens is 1. The van der Waals surface area contributed by atoms with Crippen LogP contribution in [-0.4, -0.2) is 27.5 Å². The first kappa shape index (κ1) is 25.1. The van der Waals surface area contributed by atoms with Crippen molar-refractivity contribution in [1.82, 2.24) is 4.57 Å². The highest BCUT2D eigenvalue weighted by Gasteiger charge is 2.57. The van der Waals surface area contributed by atoms with Gasteiger partial charge >= 0.3 is 4.87 Å². The molecule has 0 aliphatic carbocycles. The van der Waals surface area contributed by atoms with Crippen LogP contribution in [0.2, 0.25) is 5.02 Å².